The van der Waals surface area contributed by atoms with E-state index in [0.717, 1.165) is 16.7 Å². The van der Waals surface area contributed by atoms with E-state index in [9.17, 15) is 9.59 Å². The fraction of sp³-hybridized carbons (Fsp3) is 0.188. The van der Waals surface area contributed by atoms with Crippen molar-refractivity contribution in [1.82, 2.24) is 10.2 Å². The lowest BCUT2D eigenvalue weighted by Crippen LogP contribution is -2.43. The molecule has 0 aromatic heterocycles. The zero-order valence-electron chi connectivity index (χ0n) is 22.3. The molecule has 1 N–H and O–H groups in total. The van der Waals surface area contributed by atoms with Crippen LogP contribution in [0.3, 0.4) is 0 Å². The number of nitrogens with zero attached hydrogens (tertiary/aromatic N) is 1. The Kier molecular flexibility index (Phi) is 10.1. The summed E-state index contributed by atoms with van der Waals surface area (Å²) in [7, 11) is 3.10. The summed E-state index contributed by atoms with van der Waals surface area (Å²) in [5.74, 6) is 0.539. The molecular formula is C32H30Cl2N2O4. The van der Waals surface area contributed by atoms with E-state index in [-0.39, 0.29) is 31.3 Å². The van der Waals surface area contributed by atoms with E-state index in [1.165, 1.54) is 0 Å². The quantitative estimate of drug-likeness (QED) is 0.217. The van der Waals surface area contributed by atoms with Crippen molar-refractivity contribution in [3.05, 3.63) is 129 Å². The van der Waals surface area contributed by atoms with Gasteiger partial charge in [-0.1, -0.05) is 89.9 Å². The second kappa shape index (κ2) is 13.9. The summed E-state index contributed by atoms with van der Waals surface area (Å²) in [6.07, 6.45) is 0.0507. The molecule has 4 aromatic carbocycles. The van der Waals surface area contributed by atoms with Crippen LogP contribution < -0.4 is 14.8 Å². The maximum atomic E-state index is 14.0. The van der Waals surface area contributed by atoms with E-state index in [1.54, 1.807) is 49.5 Å². The Hall–Kier alpha value is -4.00. The van der Waals surface area contributed by atoms with Gasteiger partial charge in [-0.15, -0.1) is 0 Å². The molecule has 0 bridgehead atoms. The number of carbonyl (C=O) groups is 2. The molecule has 0 heterocycles. The van der Waals surface area contributed by atoms with Crippen LogP contribution in [-0.2, 0) is 29.1 Å². The van der Waals surface area contributed by atoms with Crippen LogP contribution in [0.1, 0.15) is 28.3 Å². The first-order chi connectivity index (χ1) is 19.4. The molecule has 0 saturated carbocycles. The van der Waals surface area contributed by atoms with Crippen molar-refractivity contribution in [1.29, 1.82) is 0 Å². The third-order valence-corrected chi connectivity index (χ3v) is 7.10. The van der Waals surface area contributed by atoms with Crippen LogP contribution in [0.5, 0.6) is 11.5 Å². The summed E-state index contributed by atoms with van der Waals surface area (Å²) in [4.78, 5) is 29.5. The number of methoxy groups -OCH3 is 2. The molecule has 4 rings (SSSR count). The molecule has 6 nitrogen and oxygen atoms in total. The fourth-order valence-electron chi connectivity index (χ4n) is 4.41. The third kappa shape index (κ3) is 7.34. The molecule has 206 valence electrons. The molecular weight excluding hydrogens is 547 g/mol. The molecule has 0 aliphatic rings. The number of amides is 2. The predicted molar refractivity (Wildman–Crippen MR) is 158 cm³/mol. The minimum atomic E-state index is -0.896. The van der Waals surface area contributed by atoms with Gasteiger partial charge in [0.2, 0.25) is 11.8 Å². The Balaban J connectivity index is 1.69. The molecule has 2 amide bonds. The van der Waals surface area contributed by atoms with Crippen molar-refractivity contribution >= 4 is 35.0 Å². The smallest absolute Gasteiger partial charge is 0.247 e. The summed E-state index contributed by atoms with van der Waals surface area (Å²) < 4.78 is 10.8. The molecule has 0 aliphatic carbocycles. The lowest BCUT2D eigenvalue weighted by molar-refractivity contribution is -0.141. The summed E-state index contributed by atoms with van der Waals surface area (Å²) in [5.41, 5.74) is 3.04. The normalized spacial score (nSPS) is 11.4. The first-order valence-electron chi connectivity index (χ1n) is 12.7. The highest BCUT2D eigenvalue weighted by Crippen LogP contribution is 2.30. The summed E-state index contributed by atoms with van der Waals surface area (Å²) >= 11 is 12.4. The number of rotatable bonds is 11. The molecule has 40 heavy (non-hydrogen) atoms. The Morgan fingerprint density at radius 2 is 1.45 bits per heavy atom. The highest BCUT2D eigenvalue weighted by Gasteiger charge is 2.31. The van der Waals surface area contributed by atoms with Gasteiger partial charge in [0.05, 0.1) is 20.6 Å². The molecule has 8 heteroatoms. The van der Waals surface area contributed by atoms with Gasteiger partial charge in [-0.25, -0.2) is 0 Å². The van der Waals surface area contributed by atoms with Crippen LogP contribution in [0.25, 0.3) is 0 Å². The van der Waals surface area contributed by atoms with Gasteiger partial charge in [-0.3, -0.25) is 9.59 Å². The number of benzene rings is 4. The van der Waals surface area contributed by atoms with Gasteiger partial charge in [0, 0.05) is 23.1 Å². The van der Waals surface area contributed by atoms with Gasteiger partial charge < -0.3 is 19.7 Å². The van der Waals surface area contributed by atoms with Gasteiger partial charge >= 0.3 is 0 Å². The maximum absolute atomic E-state index is 14.0. The highest BCUT2D eigenvalue weighted by molar-refractivity contribution is 6.31. The Morgan fingerprint density at radius 3 is 2.12 bits per heavy atom. The number of ether oxygens (including phenoxy) is 2. The number of hydrogen-bond donors (Lipinski definition) is 1. The van der Waals surface area contributed by atoms with E-state index < -0.39 is 6.04 Å². The average Bonchev–Trinajstić information content (AvgIpc) is 2.98. The van der Waals surface area contributed by atoms with E-state index in [2.05, 4.69) is 5.32 Å². The summed E-state index contributed by atoms with van der Waals surface area (Å²) in [6, 6.07) is 28.3. The minimum absolute atomic E-state index is 0.0507. The van der Waals surface area contributed by atoms with Crippen LogP contribution in [-0.4, -0.2) is 30.9 Å². The Morgan fingerprint density at radius 1 is 0.800 bits per heavy atom. The Bertz CT molecular complexity index is 1450. The summed E-state index contributed by atoms with van der Waals surface area (Å²) in [5, 5.41) is 4.14. The molecule has 0 fully saturated rings. The molecule has 1 atom stereocenters. The number of halogens is 2. The minimum Gasteiger partial charge on any atom is -0.493 e. The zero-order chi connectivity index (χ0) is 28.5. The maximum Gasteiger partial charge on any atom is 0.247 e. The van der Waals surface area contributed by atoms with Crippen LogP contribution in [0.2, 0.25) is 10.0 Å². The van der Waals surface area contributed by atoms with E-state index in [1.807, 2.05) is 66.7 Å². The van der Waals surface area contributed by atoms with Gasteiger partial charge in [0.1, 0.15) is 6.04 Å². The lowest BCUT2D eigenvalue weighted by atomic mass is 10.0. The van der Waals surface area contributed by atoms with Gasteiger partial charge in [0.15, 0.2) is 11.5 Å². The van der Waals surface area contributed by atoms with Gasteiger partial charge in [-0.2, -0.15) is 0 Å². The monoisotopic (exact) mass is 576 g/mol. The Labute approximate surface area is 244 Å². The molecule has 0 spiro atoms. The average molecular weight is 578 g/mol. The molecule has 0 aliphatic heterocycles. The number of nitrogens with one attached hydrogen (secondary N) is 1. The van der Waals surface area contributed by atoms with Gasteiger partial charge in [-0.05, 0) is 52.6 Å². The standard InChI is InChI=1S/C32H30Cl2N2O4/c1-39-28-17-14-23(18-29(28)40-2)19-30(37)36(21-22-12-15-26(33)16-13-22)31(24-8-4-3-5-9-24)32(38)35-20-25-10-6-7-11-27(25)34/h3-18,31H,19-21H2,1-2H3,(H,35,38)/t31-/m0/s1. The number of hydrogen-bond acceptors (Lipinski definition) is 4. The topological polar surface area (TPSA) is 67.9 Å². The van der Waals surface area contributed by atoms with Crippen LogP contribution in [0.4, 0.5) is 0 Å². The van der Waals surface area contributed by atoms with Gasteiger partial charge in [0.25, 0.3) is 0 Å². The van der Waals surface area contributed by atoms with E-state index in [4.69, 9.17) is 32.7 Å². The van der Waals surface area contributed by atoms with E-state index >= 15 is 0 Å². The number of carbonyl (C=O) groups excluding carboxylic acids is 2. The largest absolute Gasteiger partial charge is 0.493 e. The van der Waals surface area contributed by atoms with Crippen molar-refractivity contribution in [2.45, 2.75) is 25.6 Å². The lowest BCUT2D eigenvalue weighted by Gasteiger charge is -2.32. The highest BCUT2D eigenvalue weighted by atomic mass is 35.5. The van der Waals surface area contributed by atoms with Crippen molar-refractivity contribution in [2.75, 3.05) is 14.2 Å². The molecule has 0 unspecified atom stereocenters. The van der Waals surface area contributed by atoms with Crippen molar-refractivity contribution in [3.63, 3.8) is 0 Å². The van der Waals surface area contributed by atoms with Crippen molar-refractivity contribution in [2.24, 2.45) is 0 Å². The molecule has 0 radical (unpaired) electrons. The van der Waals surface area contributed by atoms with Crippen molar-refractivity contribution < 1.29 is 19.1 Å². The zero-order valence-corrected chi connectivity index (χ0v) is 23.8. The second-order valence-electron chi connectivity index (χ2n) is 9.14. The van der Waals surface area contributed by atoms with E-state index in [0.29, 0.717) is 27.1 Å². The van der Waals surface area contributed by atoms with Crippen LogP contribution >= 0.6 is 23.2 Å². The SMILES string of the molecule is COc1ccc(CC(=O)N(Cc2ccc(Cl)cc2)[C@H](C(=O)NCc2ccccc2Cl)c2ccccc2)cc1OC. The van der Waals surface area contributed by atoms with Crippen LogP contribution in [0, 0.1) is 0 Å². The van der Waals surface area contributed by atoms with Crippen molar-refractivity contribution in [3.8, 4) is 11.5 Å². The third-order valence-electron chi connectivity index (χ3n) is 6.48. The predicted octanol–water partition coefficient (Wildman–Crippen LogP) is 6.64. The molecule has 4 aromatic rings. The summed E-state index contributed by atoms with van der Waals surface area (Å²) in [6.45, 7) is 0.420. The first-order valence-corrected chi connectivity index (χ1v) is 13.5. The molecule has 0 saturated heterocycles. The first kappa shape index (κ1) is 29.0. The van der Waals surface area contributed by atoms with Crippen LogP contribution in [0.15, 0.2) is 97.1 Å². The fourth-order valence-corrected chi connectivity index (χ4v) is 4.73. The second-order valence-corrected chi connectivity index (χ2v) is 9.98.